The first-order chi connectivity index (χ1) is 9.97. The van der Waals surface area contributed by atoms with Gasteiger partial charge in [0.15, 0.2) is 0 Å². The van der Waals surface area contributed by atoms with Gasteiger partial charge >= 0.3 is 0 Å². The van der Waals surface area contributed by atoms with Gasteiger partial charge in [-0.25, -0.2) is 0 Å². The Labute approximate surface area is 127 Å². The number of hydrogen-bond donors (Lipinski definition) is 1. The average molecular weight is 296 g/mol. The Morgan fingerprint density at radius 1 is 1.14 bits per heavy atom. The second kappa shape index (κ2) is 7.22. The van der Waals surface area contributed by atoms with Gasteiger partial charge in [-0.15, -0.1) is 0 Å². The number of likely N-dealkylation sites (N-methyl/N-ethyl adjacent to an activating group) is 1. The lowest BCUT2D eigenvalue weighted by atomic mass is 9.85. The molecule has 2 N–H and O–H groups in total. The molecule has 1 saturated carbocycles. The molecule has 2 unspecified atom stereocenters. The van der Waals surface area contributed by atoms with Crippen molar-refractivity contribution in [3.63, 3.8) is 0 Å². The van der Waals surface area contributed by atoms with Crippen LogP contribution in [0.4, 0.5) is 0 Å². The van der Waals surface area contributed by atoms with Crippen LogP contribution in [-0.4, -0.2) is 79.4 Å². The molecule has 1 heterocycles. The third-order valence-electron chi connectivity index (χ3n) is 4.61. The van der Waals surface area contributed by atoms with Crippen LogP contribution in [0.5, 0.6) is 0 Å². The molecule has 6 heteroatoms. The molecule has 2 atom stereocenters. The Morgan fingerprint density at radius 3 is 2.38 bits per heavy atom. The summed E-state index contributed by atoms with van der Waals surface area (Å²) in [6.45, 7) is 3.47. The monoisotopic (exact) mass is 296 g/mol. The average Bonchev–Trinajstić information content (AvgIpc) is 2.47. The zero-order chi connectivity index (χ0) is 15.4. The van der Waals surface area contributed by atoms with Gasteiger partial charge in [0.2, 0.25) is 11.8 Å². The Balaban J connectivity index is 1.78. The van der Waals surface area contributed by atoms with E-state index in [0.717, 1.165) is 51.9 Å². The Hall–Kier alpha value is -1.14. The van der Waals surface area contributed by atoms with Crippen LogP contribution in [0.3, 0.4) is 0 Å². The number of nitrogens with two attached hydrogens (primary N) is 1. The summed E-state index contributed by atoms with van der Waals surface area (Å²) in [5.41, 5.74) is 5.98. The molecule has 1 aliphatic heterocycles. The van der Waals surface area contributed by atoms with E-state index >= 15 is 0 Å². The van der Waals surface area contributed by atoms with Gasteiger partial charge in [0.05, 0.1) is 6.54 Å². The SMILES string of the molecule is CN(C)C(=O)CN1CCN(C(=O)C2CCCC(N)C2)CC1. The fourth-order valence-corrected chi connectivity index (χ4v) is 3.17. The van der Waals surface area contributed by atoms with Gasteiger partial charge < -0.3 is 15.5 Å². The van der Waals surface area contributed by atoms with Gasteiger partial charge in [0.25, 0.3) is 0 Å². The smallest absolute Gasteiger partial charge is 0.236 e. The second-order valence-electron chi connectivity index (χ2n) is 6.51. The number of hydrogen-bond acceptors (Lipinski definition) is 4. The second-order valence-corrected chi connectivity index (χ2v) is 6.51. The van der Waals surface area contributed by atoms with Crippen molar-refractivity contribution in [2.45, 2.75) is 31.7 Å². The molecular weight excluding hydrogens is 268 g/mol. The van der Waals surface area contributed by atoms with Crippen LogP contribution in [0.25, 0.3) is 0 Å². The fourth-order valence-electron chi connectivity index (χ4n) is 3.17. The highest BCUT2D eigenvalue weighted by atomic mass is 16.2. The lowest BCUT2D eigenvalue weighted by molar-refractivity contribution is -0.139. The van der Waals surface area contributed by atoms with E-state index in [0.29, 0.717) is 6.54 Å². The summed E-state index contributed by atoms with van der Waals surface area (Å²) < 4.78 is 0. The molecular formula is C15H28N4O2. The molecule has 1 saturated heterocycles. The van der Waals surface area contributed by atoms with E-state index in [9.17, 15) is 9.59 Å². The zero-order valence-electron chi connectivity index (χ0n) is 13.3. The van der Waals surface area contributed by atoms with Crippen LogP contribution in [0.2, 0.25) is 0 Å². The summed E-state index contributed by atoms with van der Waals surface area (Å²) in [6.07, 6.45) is 3.92. The quantitative estimate of drug-likeness (QED) is 0.779. The first kappa shape index (κ1) is 16.2. The lowest BCUT2D eigenvalue weighted by Crippen LogP contribution is -2.52. The first-order valence-corrected chi connectivity index (χ1v) is 7.94. The van der Waals surface area contributed by atoms with Crippen LogP contribution in [0, 0.1) is 5.92 Å². The van der Waals surface area contributed by atoms with E-state index < -0.39 is 0 Å². The summed E-state index contributed by atoms with van der Waals surface area (Å²) in [4.78, 5) is 29.9. The number of piperazine rings is 1. The summed E-state index contributed by atoms with van der Waals surface area (Å²) >= 11 is 0. The third kappa shape index (κ3) is 4.41. The van der Waals surface area contributed by atoms with Crippen molar-refractivity contribution in [1.29, 1.82) is 0 Å². The Bertz CT molecular complexity index is 378. The topological polar surface area (TPSA) is 69.9 Å². The first-order valence-electron chi connectivity index (χ1n) is 7.94. The summed E-state index contributed by atoms with van der Waals surface area (Å²) in [5.74, 6) is 0.500. The van der Waals surface area contributed by atoms with Gasteiger partial charge in [-0.2, -0.15) is 0 Å². The molecule has 2 amide bonds. The molecule has 0 radical (unpaired) electrons. The molecule has 0 spiro atoms. The fraction of sp³-hybridized carbons (Fsp3) is 0.867. The number of rotatable bonds is 3. The lowest BCUT2D eigenvalue weighted by Gasteiger charge is -2.37. The Morgan fingerprint density at radius 2 is 1.81 bits per heavy atom. The number of carbonyl (C=O) groups excluding carboxylic acids is 2. The molecule has 1 aliphatic carbocycles. The maximum atomic E-state index is 12.5. The predicted molar refractivity (Wildman–Crippen MR) is 81.6 cm³/mol. The van der Waals surface area contributed by atoms with Crippen molar-refractivity contribution < 1.29 is 9.59 Å². The van der Waals surface area contributed by atoms with Crippen molar-refractivity contribution in [3.8, 4) is 0 Å². The number of carbonyl (C=O) groups is 2. The highest BCUT2D eigenvalue weighted by molar-refractivity contribution is 5.79. The van der Waals surface area contributed by atoms with Gasteiger partial charge in [0.1, 0.15) is 0 Å². The van der Waals surface area contributed by atoms with E-state index in [1.165, 1.54) is 0 Å². The number of nitrogens with zero attached hydrogens (tertiary/aromatic N) is 3. The molecule has 0 aromatic carbocycles. The van der Waals surface area contributed by atoms with E-state index in [-0.39, 0.29) is 23.8 Å². The molecule has 2 fully saturated rings. The van der Waals surface area contributed by atoms with Crippen molar-refractivity contribution in [3.05, 3.63) is 0 Å². The highest BCUT2D eigenvalue weighted by Crippen LogP contribution is 2.25. The molecule has 120 valence electrons. The maximum absolute atomic E-state index is 12.5. The van der Waals surface area contributed by atoms with Crippen molar-refractivity contribution >= 4 is 11.8 Å². The van der Waals surface area contributed by atoms with Crippen LogP contribution in [-0.2, 0) is 9.59 Å². The van der Waals surface area contributed by atoms with Gasteiger partial charge in [-0.3, -0.25) is 14.5 Å². The molecule has 2 aliphatic rings. The largest absolute Gasteiger partial charge is 0.348 e. The summed E-state index contributed by atoms with van der Waals surface area (Å²) in [6, 6.07) is 0.187. The van der Waals surface area contributed by atoms with Gasteiger partial charge in [0, 0.05) is 52.2 Å². The van der Waals surface area contributed by atoms with Crippen LogP contribution in [0.1, 0.15) is 25.7 Å². The molecule has 21 heavy (non-hydrogen) atoms. The van der Waals surface area contributed by atoms with E-state index in [1.807, 2.05) is 4.90 Å². The van der Waals surface area contributed by atoms with E-state index in [4.69, 9.17) is 5.73 Å². The maximum Gasteiger partial charge on any atom is 0.236 e. The summed E-state index contributed by atoms with van der Waals surface area (Å²) in [5, 5.41) is 0. The molecule has 6 nitrogen and oxygen atoms in total. The van der Waals surface area contributed by atoms with Crippen molar-refractivity contribution in [2.75, 3.05) is 46.8 Å². The molecule has 0 aromatic rings. The minimum Gasteiger partial charge on any atom is -0.348 e. The molecule has 0 bridgehead atoms. The zero-order valence-corrected chi connectivity index (χ0v) is 13.3. The van der Waals surface area contributed by atoms with Gasteiger partial charge in [-0.1, -0.05) is 6.42 Å². The minimum atomic E-state index is 0.115. The van der Waals surface area contributed by atoms with Crippen LogP contribution in [0.15, 0.2) is 0 Å². The molecule has 2 rings (SSSR count). The van der Waals surface area contributed by atoms with Crippen molar-refractivity contribution in [1.82, 2.24) is 14.7 Å². The normalized spacial score (nSPS) is 27.5. The van der Waals surface area contributed by atoms with Crippen LogP contribution >= 0.6 is 0 Å². The van der Waals surface area contributed by atoms with Gasteiger partial charge in [-0.05, 0) is 19.3 Å². The third-order valence-corrected chi connectivity index (χ3v) is 4.61. The van der Waals surface area contributed by atoms with Crippen molar-refractivity contribution in [2.24, 2.45) is 11.7 Å². The number of amides is 2. The van der Waals surface area contributed by atoms with Crippen LogP contribution < -0.4 is 5.73 Å². The minimum absolute atomic E-state index is 0.115. The molecule has 0 aromatic heterocycles. The predicted octanol–water partition coefficient (Wildman–Crippen LogP) is -0.264. The Kier molecular flexibility index (Phi) is 5.58. The highest BCUT2D eigenvalue weighted by Gasteiger charge is 2.31. The summed E-state index contributed by atoms with van der Waals surface area (Å²) in [7, 11) is 3.54. The van der Waals surface area contributed by atoms with E-state index in [2.05, 4.69) is 4.90 Å². The van der Waals surface area contributed by atoms with E-state index in [1.54, 1.807) is 19.0 Å². The standard InChI is InChI=1S/C15H28N4O2/c1-17(2)14(20)11-18-6-8-19(9-7-18)15(21)12-4-3-5-13(16)10-12/h12-13H,3-11,16H2,1-2H3.